The summed E-state index contributed by atoms with van der Waals surface area (Å²) in [5, 5.41) is 4.39. The predicted molar refractivity (Wildman–Crippen MR) is 154 cm³/mol. The summed E-state index contributed by atoms with van der Waals surface area (Å²) in [5.74, 6) is 1.62. The molecule has 7 rings (SSSR count). The van der Waals surface area contributed by atoms with Crippen LogP contribution in [0.3, 0.4) is 0 Å². The Morgan fingerprint density at radius 1 is 1.08 bits per heavy atom. The average molecular weight is 520 g/mol. The number of hydrogen-bond acceptors (Lipinski definition) is 9. The number of H-pyrrole nitrogens is 1. The third kappa shape index (κ3) is 3.85. The lowest BCUT2D eigenvalue weighted by atomic mass is 10.0. The molecule has 0 radical (unpaired) electrons. The summed E-state index contributed by atoms with van der Waals surface area (Å²) in [6.07, 6.45) is 9.14. The number of allylic oxidation sites excluding steroid dienone is 1. The fourth-order valence-corrected chi connectivity index (χ4v) is 5.82. The molecule has 1 fully saturated rings. The van der Waals surface area contributed by atoms with Gasteiger partial charge in [0.1, 0.15) is 18.3 Å². The largest absolute Gasteiger partial charge is 0.352 e. The van der Waals surface area contributed by atoms with Crippen molar-refractivity contribution >= 4 is 45.2 Å². The van der Waals surface area contributed by atoms with E-state index in [4.69, 9.17) is 20.7 Å². The monoisotopic (exact) mass is 519 g/mol. The van der Waals surface area contributed by atoms with Crippen LogP contribution in [0.15, 0.2) is 66.8 Å². The number of thiophene rings is 1. The maximum atomic E-state index is 5.96. The van der Waals surface area contributed by atoms with Gasteiger partial charge in [0.25, 0.3) is 0 Å². The number of aliphatic imine (C=N–C) groups is 1. The van der Waals surface area contributed by atoms with E-state index in [0.717, 1.165) is 79.9 Å². The molecule has 1 saturated heterocycles. The van der Waals surface area contributed by atoms with E-state index in [0.29, 0.717) is 6.67 Å². The van der Waals surface area contributed by atoms with E-state index in [1.165, 1.54) is 4.88 Å². The fraction of sp³-hybridized carbons (Fsp3) is 0.179. The number of aromatic amines is 1. The van der Waals surface area contributed by atoms with E-state index in [-0.39, 0.29) is 6.04 Å². The number of nitrogens with zero attached hydrogens (tertiary/aromatic N) is 6. The van der Waals surface area contributed by atoms with Crippen LogP contribution in [-0.2, 0) is 0 Å². The van der Waals surface area contributed by atoms with Crippen LogP contribution in [0.25, 0.3) is 38.2 Å². The molecule has 9 nitrogen and oxygen atoms in total. The lowest BCUT2D eigenvalue weighted by Crippen LogP contribution is -2.56. The van der Waals surface area contributed by atoms with Crippen LogP contribution >= 0.6 is 11.3 Å². The number of rotatable bonds is 5. The molecule has 0 bridgehead atoms. The van der Waals surface area contributed by atoms with Crippen molar-refractivity contribution in [3.05, 3.63) is 78.0 Å². The summed E-state index contributed by atoms with van der Waals surface area (Å²) in [5.41, 5.74) is 13.4. The summed E-state index contributed by atoms with van der Waals surface area (Å²) >= 11 is 1.72. The summed E-state index contributed by atoms with van der Waals surface area (Å²) < 4.78 is 0. The molecule has 0 aromatic carbocycles. The van der Waals surface area contributed by atoms with E-state index in [1.807, 2.05) is 25.5 Å². The Morgan fingerprint density at radius 2 is 1.95 bits per heavy atom. The molecule has 5 aromatic rings. The summed E-state index contributed by atoms with van der Waals surface area (Å²) in [4.78, 5) is 31.3. The lowest BCUT2D eigenvalue weighted by Gasteiger charge is -2.37. The Balaban J connectivity index is 1.27. The second-order valence-electron chi connectivity index (χ2n) is 9.66. The molecule has 0 spiro atoms. The minimum atomic E-state index is 0.190. The highest BCUT2D eigenvalue weighted by Crippen LogP contribution is 2.36. The highest BCUT2D eigenvalue weighted by atomic mass is 32.1. The second kappa shape index (κ2) is 8.86. The van der Waals surface area contributed by atoms with Crippen LogP contribution < -0.4 is 16.0 Å². The van der Waals surface area contributed by atoms with Crippen LogP contribution in [0.2, 0.25) is 0 Å². The van der Waals surface area contributed by atoms with Gasteiger partial charge in [0.2, 0.25) is 0 Å². The third-order valence-corrected chi connectivity index (χ3v) is 8.15. The van der Waals surface area contributed by atoms with Crippen molar-refractivity contribution in [2.24, 2.45) is 10.7 Å². The first kappa shape index (κ1) is 22.8. The van der Waals surface area contributed by atoms with Crippen LogP contribution in [0.4, 0.5) is 11.6 Å². The van der Waals surface area contributed by atoms with Gasteiger partial charge in [-0.25, -0.2) is 9.97 Å². The molecule has 0 aliphatic carbocycles. The van der Waals surface area contributed by atoms with E-state index in [9.17, 15) is 0 Å². The van der Waals surface area contributed by atoms with Gasteiger partial charge in [-0.2, -0.15) is 0 Å². The topological polar surface area (TPSA) is 121 Å². The quantitative estimate of drug-likeness (QED) is 0.312. The number of aromatic nitrogens is 5. The molecular formula is C28H25N9S. The lowest BCUT2D eigenvalue weighted by molar-refractivity contribution is 0.514. The Morgan fingerprint density at radius 3 is 2.76 bits per heavy atom. The number of pyridine rings is 2. The van der Waals surface area contributed by atoms with Crippen molar-refractivity contribution in [1.29, 1.82) is 0 Å². The third-order valence-electron chi connectivity index (χ3n) is 6.87. The van der Waals surface area contributed by atoms with Crippen LogP contribution in [0.5, 0.6) is 0 Å². The van der Waals surface area contributed by atoms with Crippen molar-refractivity contribution in [3.8, 4) is 21.7 Å². The number of hydrogen-bond donors (Lipinski definition) is 3. The van der Waals surface area contributed by atoms with Gasteiger partial charge in [-0.3, -0.25) is 15.0 Å². The Labute approximate surface area is 223 Å². The van der Waals surface area contributed by atoms with Gasteiger partial charge in [-0.15, -0.1) is 11.3 Å². The SMILES string of the molecule is C=C(C)c1ccc(-c2cncc3[nH]c(C4=NCNc5ncc(-c6cncc(N7CC(N)C7)n6)cc54)cc23)s1. The first-order valence-electron chi connectivity index (χ1n) is 12.4. The van der Waals surface area contributed by atoms with Gasteiger partial charge in [0, 0.05) is 63.4 Å². The molecule has 0 amide bonds. The molecular weight excluding hydrogens is 494 g/mol. The van der Waals surface area contributed by atoms with Gasteiger partial charge < -0.3 is 20.9 Å². The van der Waals surface area contributed by atoms with Gasteiger partial charge >= 0.3 is 0 Å². The summed E-state index contributed by atoms with van der Waals surface area (Å²) in [6.45, 7) is 8.14. The van der Waals surface area contributed by atoms with Crippen molar-refractivity contribution in [2.75, 3.05) is 30.0 Å². The zero-order chi connectivity index (χ0) is 25.8. The van der Waals surface area contributed by atoms with Gasteiger partial charge in [-0.1, -0.05) is 6.58 Å². The molecule has 4 N–H and O–H groups in total. The zero-order valence-corrected chi connectivity index (χ0v) is 21.6. The Bertz CT molecular complexity index is 1740. The van der Waals surface area contributed by atoms with Gasteiger partial charge in [0.15, 0.2) is 0 Å². The molecule has 2 aliphatic rings. The molecule has 0 saturated carbocycles. The molecule has 7 heterocycles. The molecule has 0 unspecified atom stereocenters. The average Bonchev–Trinajstić information content (AvgIpc) is 3.58. The smallest absolute Gasteiger partial charge is 0.147 e. The van der Waals surface area contributed by atoms with Crippen molar-refractivity contribution in [1.82, 2.24) is 24.9 Å². The minimum Gasteiger partial charge on any atom is -0.352 e. The van der Waals surface area contributed by atoms with E-state index >= 15 is 0 Å². The zero-order valence-electron chi connectivity index (χ0n) is 20.8. The molecule has 188 valence electrons. The predicted octanol–water partition coefficient (Wildman–Crippen LogP) is 4.54. The molecule has 5 aromatic heterocycles. The summed E-state index contributed by atoms with van der Waals surface area (Å²) in [7, 11) is 0. The molecule has 2 aliphatic heterocycles. The molecule has 38 heavy (non-hydrogen) atoms. The number of fused-ring (bicyclic) bond motifs is 2. The van der Waals surface area contributed by atoms with Crippen molar-refractivity contribution < 1.29 is 0 Å². The number of nitrogens with one attached hydrogen (secondary N) is 2. The number of anilines is 2. The Hall–Kier alpha value is -4.41. The van der Waals surface area contributed by atoms with Crippen LogP contribution in [-0.4, -0.2) is 56.4 Å². The van der Waals surface area contributed by atoms with E-state index in [1.54, 1.807) is 23.7 Å². The van der Waals surface area contributed by atoms with Gasteiger partial charge in [0.05, 0.1) is 41.2 Å². The number of nitrogens with two attached hydrogens (primary N) is 1. The van der Waals surface area contributed by atoms with Crippen LogP contribution in [0.1, 0.15) is 23.1 Å². The summed E-state index contributed by atoms with van der Waals surface area (Å²) in [6, 6.07) is 8.67. The maximum Gasteiger partial charge on any atom is 0.147 e. The van der Waals surface area contributed by atoms with Gasteiger partial charge in [-0.05, 0) is 36.8 Å². The van der Waals surface area contributed by atoms with E-state index < -0.39 is 0 Å². The highest BCUT2D eigenvalue weighted by Gasteiger charge is 2.25. The molecule has 10 heteroatoms. The maximum absolute atomic E-state index is 5.96. The standard InChI is InChI=1S/C28H25N9S/c1-15(2)24-3-4-25(38-24)20-8-30-10-23-18(20)6-21(35-23)27-19-5-16(7-32-28(19)34-14-33-27)22-9-31-11-26(36-22)37-12-17(29)13-37/h3-11,17,35H,1,12-14,29H2,2H3,(H,32,34). The molecule has 0 atom stereocenters. The van der Waals surface area contributed by atoms with Crippen LogP contribution in [0, 0.1) is 0 Å². The Kier molecular flexibility index (Phi) is 5.31. The second-order valence-corrected chi connectivity index (χ2v) is 10.7. The van der Waals surface area contributed by atoms with E-state index in [2.05, 4.69) is 56.0 Å². The first-order chi connectivity index (χ1) is 18.5. The normalized spacial score (nSPS) is 15.1. The fourth-order valence-electron chi connectivity index (χ4n) is 4.87. The first-order valence-corrected chi connectivity index (χ1v) is 13.2. The van der Waals surface area contributed by atoms with Crippen molar-refractivity contribution in [3.63, 3.8) is 0 Å². The highest BCUT2D eigenvalue weighted by molar-refractivity contribution is 7.16. The van der Waals surface area contributed by atoms with Crippen molar-refractivity contribution in [2.45, 2.75) is 13.0 Å². The minimum absolute atomic E-state index is 0.190.